The molecule has 0 radical (unpaired) electrons. The van der Waals surface area contributed by atoms with Crippen molar-refractivity contribution in [3.05, 3.63) is 33.9 Å². The summed E-state index contributed by atoms with van der Waals surface area (Å²) in [6, 6.07) is 4.35. The van der Waals surface area contributed by atoms with Gasteiger partial charge in [0, 0.05) is 23.7 Å². The second kappa shape index (κ2) is 5.90. The Morgan fingerprint density at radius 3 is 2.75 bits per heavy atom. The van der Waals surface area contributed by atoms with Crippen LogP contribution in [0.15, 0.2) is 18.2 Å². The lowest BCUT2D eigenvalue weighted by Gasteiger charge is -2.13. The van der Waals surface area contributed by atoms with Crippen LogP contribution in [0.4, 0.5) is 5.69 Å². The number of nitro groups is 1. The first-order valence-corrected chi connectivity index (χ1v) is 6.64. The fourth-order valence-electron chi connectivity index (χ4n) is 2.58. The molecule has 0 bridgehead atoms. The summed E-state index contributed by atoms with van der Waals surface area (Å²) in [5, 5.41) is 13.8. The molecule has 2 rings (SSSR count). The SMILES string of the molecule is COc1cc(C(=O)NC2CCC(C)C2)ccc1[N+](=O)[O-]. The molecule has 20 heavy (non-hydrogen) atoms. The van der Waals surface area contributed by atoms with Crippen molar-refractivity contribution in [2.45, 2.75) is 32.2 Å². The van der Waals surface area contributed by atoms with Crippen molar-refractivity contribution in [1.82, 2.24) is 5.32 Å². The molecular formula is C14H18N2O4. The summed E-state index contributed by atoms with van der Waals surface area (Å²) in [5.41, 5.74) is 0.241. The maximum Gasteiger partial charge on any atom is 0.310 e. The Balaban J connectivity index is 2.12. The van der Waals surface area contributed by atoms with Crippen molar-refractivity contribution in [3.8, 4) is 5.75 Å². The number of carbonyl (C=O) groups is 1. The van der Waals surface area contributed by atoms with E-state index < -0.39 is 4.92 Å². The Kier molecular flexibility index (Phi) is 4.22. The van der Waals surface area contributed by atoms with Gasteiger partial charge in [-0.05, 0) is 31.2 Å². The number of rotatable bonds is 4. The predicted octanol–water partition coefficient (Wildman–Crippen LogP) is 2.52. The van der Waals surface area contributed by atoms with Crippen LogP contribution in [0.2, 0.25) is 0 Å². The summed E-state index contributed by atoms with van der Waals surface area (Å²) in [7, 11) is 1.35. The standard InChI is InChI=1S/C14H18N2O4/c1-9-3-5-11(7-9)15-14(17)10-4-6-12(16(18)19)13(8-10)20-2/h4,6,8-9,11H,3,5,7H2,1-2H3,(H,15,17). The van der Waals surface area contributed by atoms with Gasteiger partial charge in [0.05, 0.1) is 12.0 Å². The third-order valence-electron chi connectivity index (χ3n) is 3.67. The zero-order valence-corrected chi connectivity index (χ0v) is 11.6. The second-order valence-electron chi connectivity index (χ2n) is 5.23. The van der Waals surface area contributed by atoms with Gasteiger partial charge in [0.25, 0.3) is 5.91 Å². The van der Waals surface area contributed by atoms with E-state index >= 15 is 0 Å². The van der Waals surface area contributed by atoms with Gasteiger partial charge in [-0.25, -0.2) is 0 Å². The molecule has 1 amide bonds. The largest absolute Gasteiger partial charge is 0.490 e. The molecule has 1 aromatic carbocycles. The number of methoxy groups -OCH3 is 1. The van der Waals surface area contributed by atoms with Crippen LogP contribution in [0.5, 0.6) is 5.75 Å². The van der Waals surface area contributed by atoms with Crippen molar-refractivity contribution in [1.29, 1.82) is 0 Å². The minimum absolute atomic E-state index is 0.0995. The van der Waals surface area contributed by atoms with Gasteiger partial charge in [0.15, 0.2) is 5.75 Å². The number of benzene rings is 1. The molecule has 108 valence electrons. The predicted molar refractivity (Wildman–Crippen MR) is 73.9 cm³/mol. The lowest BCUT2D eigenvalue weighted by Crippen LogP contribution is -2.32. The molecule has 0 heterocycles. The van der Waals surface area contributed by atoms with E-state index in [4.69, 9.17) is 4.74 Å². The summed E-state index contributed by atoms with van der Waals surface area (Å²) in [5.74, 6) is 0.520. The normalized spacial score (nSPS) is 21.5. The van der Waals surface area contributed by atoms with Crippen molar-refractivity contribution < 1.29 is 14.5 Å². The van der Waals surface area contributed by atoms with Crippen LogP contribution in [-0.4, -0.2) is 24.0 Å². The minimum Gasteiger partial charge on any atom is -0.490 e. The lowest BCUT2D eigenvalue weighted by atomic mass is 10.1. The molecule has 0 aliphatic heterocycles. The molecule has 1 aromatic rings. The van der Waals surface area contributed by atoms with E-state index in [1.807, 2.05) is 0 Å². The number of nitrogens with one attached hydrogen (secondary N) is 1. The number of amides is 1. The summed E-state index contributed by atoms with van der Waals surface area (Å²) in [6.45, 7) is 2.17. The average molecular weight is 278 g/mol. The Morgan fingerprint density at radius 1 is 1.45 bits per heavy atom. The Morgan fingerprint density at radius 2 is 2.20 bits per heavy atom. The molecular weight excluding hydrogens is 260 g/mol. The van der Waals surface area contributed by atoms with Crippen molar-refractivity contribution >= 4 is 11.6 Å². The van der Waals surface area contributed by atoms with E-state index in [9.17, 15) is 14.9 Å². The van der Waals surface area contributed by atoms with E-state index in [0.29, 0.717) is 11.5 Å². The monoisotopic (exact) mass is 278 g/mol. The van der Waals surface area contributed by atoms with Crippen LogP contribution < -0.4 is 10.1 Å². The number of hydrogen-bond acceptors (Lipinski definition) is 4. The molecule has 2 unspecified atom stereocenters. The number of hydrogen-bond donors (Lipinski definition) is 1. The van der Waals surface area contributed by atoms with E-state index in [2.05, 4.69) is 12.2 Å². The van der Waals surface area contributed by atoms with Gasteiger partial charge in [-0.3, -0.25) is 14.9 Å². The van der Waals surface area contributed by atoms with Gasteiger partial charge in [0.2, 0.25) is 0 Å². The van der Waals surface area contributed by atoms with Gasteiger partial charge in [-0.2, -0.15) is 0 Å². The summed E-state index contributed by atoms with van der Waals surface area (Å²) in [4.78, 5) is 22.4. The molecule has 2 atom stereocenters. The van der Waals surface area contributed by atoms with Crippen LogP contribution in [0.1, 0.15) is 36.5 Å². The van der Waals surface area contributed by atoms with Crippen molar-refractivity contribution in [3.63, 3.8) is 0 Å². The fourth-order valence-corrected chi connectivity index (χ4v) is 2.58. The van der Waals surface area contributed by atoms with E-state index in [0.717, 1.165) is 19.3 Å². The first-order valence-electron chi connectivity index (χ1n) is 6.64. The van der Waals surface area contributed by atoms with Gasteiger partial charge in [-0.15, -0.1) is 0 Å². The molecule has 1 aliphatic rings. The maximum absolute atomic E-state index is 12.1. The van der Waals surface area contributed by atoms with Gasteiger partial charge in [0.1, 0.15) is 0 Å². The quantitative estimate of drug-likeness (QED) is 0.677. The number of ether oxygens (including phenoxy) is 1. The maximum atomic E-state index is 12.1. The highest BCUT2D eigenvalue weighted by atomic mass is 16.6. The van der Waals surface area contributed by atoms with Crippen LogP contribution in [0.3, 0.4) is 0 Å². The van der Waals surface area contributed by atoms with Crippen LogP contribution in [0.25, 0.3) is 0 Å². The summed E-state index contributed by atoms with van der Waals surface area (Å²) in [6.07, 6.45) is 3.08. The second-order valence-corrected chi connectivity index (χ2v) is 5.23. The van der Waals surface area contributed by atoms with Crippen LogP contribution in [0, 0.1) is 16.0 Å². The molecule has 0 aromatic heterocycles. The minimum atomic E-state index is -0.529. The number of carbonyl (C=O) groups excluding carboxylic acids is 1. The Hall–Kier alpha value is -2.11. The highest BCUT2D eigenvalue weighted by Gasteiger charge is 2.24. The van der Waals surface area contributed by atoms with Gasteiger partial charge < -0.3 is 10.1 Å². The zero-order chi connectivity index (χ0) is 14.7. The third kappa shape index (κ3) is 3.07. The summed E-state index contributed by atoms with van der Waals surface area (Å²) < 4.78 is 4.96. The highest BCUT2D eigenvalue weighted by molar-refractivity contribution is 5.95. The molecule has 6 nitrogen and oxygen atoms in total. The van der Waals surface area contributed by atoms with Gasteiger partial charge in [-0.1, -0.05) is 6.92 Å². The summed E-state index contributed by atoms with van der Waals surface area (Å²) >= 11 is 0. The molecule has 1 N–H and O–H groups in total. The van der Waals surface area contributed by atoms with Crippen molar-refractivity contribution in [2.75, 3.05) is 7.11 Å². The smallest absolute Gasteiger partial charge is 0.310 e. The number of nitrogens with zero attached hydrogens (tertiary/aromatic N) is 1. The molecule has 1 fully saturated rings. The van der Waals surface area contributed by atoms with E-state index in [1.54, 1.807) is 0 Å². The topological polar surface area (TPSA) is 81.5 Å². The van der Waals surface area contributed by atoms with Gasteiger partial charge >= 0.3 is 5.69 Å². The van der Waals surface area contributed by atoms with E-state index in [-0.39, 0.29) is 23.4 Å². The van der Waals surface area contributed by atoms with Crippen LogP contribution >= 0.6 is 0 Å². The highest BCUT2D eigenvalue weighted by Crippen LogP contribution is 2.28. The van der Waals surface area contributed by atoms with Crippen LogP contribution in [-0.2, 0) is 0 Å². The average Bonchev–Trinajstić information content (AvgIpc) is 2.83. The fraction of sp³-hybridized carbons (Fsp3) is 0.500. The Bertz CT molecular complexity index is 530. The third-order valence-corrected chi connectivity index (χ3v) is 3.67. The lowest BCUT2D eigenvalue weighted by molar-refractivity contribution is -0.385. The molecule has 0 saturated heterocycles. The van der Waals surface area contributed by atoms with E-state index in [1.165, 1.54) is 25.3 Å². The van der Waals surface area contributed by atoms with Crippen molar-refractivity contribution in [2.24, 2.45) is 5.92 Å². The molecule has 1 saturated carbocycles. The molecule has 0 spiro atoms. The number of nitro benzene ring substituents is 1. The first-order chi connectivity index (χ1) is 9.51. The zero-order valence-electron chi connectivity index (χ0n) is 11.6. The first kappa shape index (κ1) is 14.3. The molecule has 6 heteroatoms. The molecule has 1 aliphatic carbocycles. The Labute approximate surface area is 117 Å².